The summed E-state index contributed by atoms with van der Waals surface area (Å²) in [6, 6.07) is 7.28. The molecule has 0 aliphatic heterocycles. The average Bonchev–Trinajstić information content (AvgIpc) is 2.46. The summed E-state index contributed by atoms with van der Waals surface area (Å²) in [5, 5.41) is 22.9. The highest BCUT2D eigenvalue weighted by Gasteiger charge is 2.14. The summed E-state index contributed by atoms with van der Waals surface area (Å²) in [4.78, 5) is 24.9. The van der Waals surface area contributed by atoms with Crippen LogP contribution in [-0.4, -0.2) is 21.0 Å². The predicted octanol–water partition coefficient (Wildman–Crippen LogP) is 2.95. The Kier molecular flexibility index (Phi) is 4.34. The van der Waals surface area contributed by atoms with Crippen LogP contribution in [0.15, 0.2) is 36.5 Å². The quantitative estimate of drug-likeness (QED) is 0.650. The van der Waals surface area contributed by atoms with Crippen molar-refractivity contribution in [1.82, 2.24) is 4.98 Å². The third-order valence-electron chi connectivity index (χ3n) is 2.68. The summed E-state index contributed by atoms with van der Waals surface area (Å²) >= 11 is 5.73. The van der Waals surface area contributed by atoms with E-state index >= 15 is 0 Å². The fourth-order valence-corrected chi connectivity index (χ4v) is 1.82. The minimum atomic E-state index is -1.11. The first-order valence-corrected chi connectivity index (χ1v) is 6.21. The number of carbonyl (C=O) groups is 1. The highest BCUT2D eigenvalue weighted by atomic mass is 35.5. The number of nitro groups is 1. The standard InChI is InChI=1S/C13H10ClN3O4/c14-9-2-4-10(12(5-9)17(20)21)15-6-8-1-3-11(13(18)19)16-7-8/h1-5,7,15H,6H2,(H,18,19). The van der Waals surface area contributed by atoms with E-state index in [1.807, 2.05) is 0 Å². The van der Waals surface area contributed by atoms with Gasteiger partial charge in [-0.2, -0.15) is 0 Å². The number of aromatic carboxylic acids is 1. The number of pyridine rings is 1. The molecule has 0 fully saturated rings. The van der Waals surface area contributed by atoms with Gasteiger partial charge >= 0.3 is 5.97 Å². The first-order chi connectivity index (χ1) is 9.97. The molecule has 2 N–H and O–H groups in total. The van der Waals surface area contributed by atoms with E-state index < -0.39 is 10.9 Å². The third-order valence-corrected chi connectivity index (χ3v) is 2.92. The second-order valence-corrected chi connectivity index (χ2v) is 4.57. The number of carboxylic acids is 1. The van der Waals surface area contributed by atoms with Gasteiger partial charge in [0, 0.05) is 23.8 Å². The largest absolute Gasteiger partial charge is 0.477 e. The number of aromatic nitrogens is 1. The van der Waals surface area contributed by atoms with Crippen molar-refractivity contribution >= 4 is 28.9 Å². The molecule has 1 aromatic heterocycles. The summed E-state index contributed by atoms with van der Waals surface area (Å²) in [6.45, 7) is 0.273. The first-order valence-electron chi connectivity index (χ1n) is 5.83. The maximum absolute atomic E-state index is 10.9. The van der Waals surface area contributed by atoms with Gasteiger partial charge in [0.15, 0.2) is 0 Å². The second-order valence-electron chi connectivity index (χ2n) is 4.13. The van der Waals surface area contributed by atoms with Crippen LogP contribution in [0.2, 0.25) is 5.02 Å². The molecule has 7 nitrogen and oxygen atoms in total. The van der Waals surface area contributed by atoms with E-state index in [1.54, 1.807) is 12.1 Å². The molecule has 0 spiro atoms. The lowest BCUT2D eigenvalue weighted by Gasteiger charge is -2.07. The first kappa shape index (κ1) is 14.7. The van der Waals surface area contributed by atoms with Crippen molar-refractivity contribution in [1.29, 1.82) is 0 Å². The Morgan fingerprint density at radius 3 is 2.71 bits per heavy atom. The van der Waals surface area contributed by atoms with Crippen molar-refractivity contribution in [2.45, 2.75) is 6.54 Å². The van der Waals surface area contributed by atoms with Crippen molar-refractivity contribution in [2.75, 3.05) is 5.32 Å². The van der Waals surface area contributed by atoms with Crippen LogP contribution in [0.4, 0.5) is 11.4 Å². The molecular weight excluding hydrogens is 298 g/mol. The summed E-state index contributed by atoms with van der Waals surface area (Å²) in [6.07, 6.45) is 1.40. The molecule has 2 aromatic rings. The molecule has 0 unspecified atom stereocenters. The number of rotatable bonds is 5. The normalized spacial score (nSPS) is 10.1. The van der Waals surface area contributed by atoms with Gasteiger partial charge in [-0.3, -0.25) is 10.1 Å². The average molecular weight is 308 g/mol. The minimum Gasteiger partial charge on any atom is -0.477 e. The molecule has 0 aliphatic carbocycles. The van der Waals surface area contributed by atoms with Crippen LogP contribution in [0.3, 0.4) is 0 Å². The zero-order chi connectivity index (χ0) is 15.4. The molecular formula is C13H10ClN3O4. The lowest BCUT2D eigenvalue weighted by Crippen LogP contribution is -2.05. The van der Waals surface area contributed by atoms with Crippen LogP contribution >= 0.6 is 11.6 Å². The Morgan fingerprint density at radius 2 is 2.14 bits per heavy atom. The van der Waals surface area contributed by atoms with Crippen molar-refractivity contribution in [3.8, 4) is 0 Å². The van der Waals surface area contributed by atoms with E-state index in [0.717, 1.165) is 0 Å². The predicted molar refractivity (Wildman–Crippen MR) is 76.6 cm³/mol. The number of hydrogen-bond acceptors (Lipinski definition) is 5. The van der Waals surface area contributed by atoms with Gasteiger partial charge in [0.1, 0.15) is 11.4 Å². The number of carboxylic acid groups (broad SMARTS) is 1. The Balaban J connectivity index is 2.13. The van der Waals surface area contributed by atoms with Crippen molar-refractivity contribution in [3.05, 3.63) is 62.9 Å². The molecule has 0 atom stereocenters. The molecule has 8 heteroatoms. The second kappa shape index (κ2) is 6.19. The summed E-state index contributed by atoms with van der Waals surface area (Å²) in [7, 11) is 0. The van der Waals surface area contributed by atoms with Crippen LogP contribution < -0.4 is 5.32 Å². The molecule has 108 valence electrons. The number of halogens is 1. The maximum Gasteiger partial charge on any atom is 0.354 e. The SMILES string of the molecule is O=C(O)c1ccc(CNc2ccc(Cl)cc2[N+](=O)[O-])cn1. The van der Waals surface area contributed by atoms with Crippen molar-refractivity contribution in [2.24, 2.45) is 0 Å². The topological polar surface area (TPSA) is 105 Å². The maximum atomic E-state index is 10.9. The van der Waals surface area contributed by atoms with E-state index in [-0.39, 0.29) is 22.9 Å². The Hall–Kier alpha value is -2.67. The highest BCUT2D eigenvalue weighted by Crippen LogP contribution is 2.28. The molecule has 0 aliphatic rings. The van der Waals surface area contributed by atoms with Gasteiger partial charge in [0.2, 0.25) is 0 Å². The summed E-state index contributed by atoms with van der Waals surface area (Å²) in [5.41, 5.74) is 0.838. The molecule has 2 rings (SSSR count). The summed E-state index contributed by atoms with van der Waals surface area (Å²) < 4.78 is 0. The number of hydrogen-bond donors (Lipinski definition) is 2. The van der Waals surface area contributed by atoms with E-state index in [9.17, 15) is 14.9 Å². The van der Waals surface area contributed by atoms with Gasteiger partial charge in [-0.1, -0.05) is 17.7 Å². The van der Waals surface area contributed by atoms with Crippen LogP contribution in [0.1, 0.15) is 16.1 Å². The van der Waals surface area contributed by atoms with Crippen LogP contribution in [-0.2, 0) is 6.54 Å². The molecule has 0 amide bonds. The molecule has 0 radical (unpaired) electrons. The van der Waals surface area contributed by atoms with Gasteiger partial charge in [-0.15, -0.1) is 0 Å². The lowest BCUT2D eigenvalue weighted by molar-refractivity contribution is -0.383. The molecule has 0 saturated heterocycles. The molecule has 1 heterocycles. The van der Waals surface area contributed by atoms with Crippen molar-refractivity contribution in [3.63, 3.8) is 0 Å². The number of nitrogens with one attached hydrogen (secondary N) is 1. The number of benzene rings is 1. The zero-order valence-corrected chi connectivity index (χ0v) is 11.4. The Labute approximate surface area is 124 Å². The van der Waals surface area contributed by atoms with E-state index in [0.29, 0.717) is 11.3 Å². The minimum absolute atomic E-state index is 0.0591. The smallest absolute Gasteiger partial charge is 0.354 e. The van der Waals surface area contributed by atoms with Crippen molar-refractivity contribution < 1.29 is 14.8 Å². The van der Waals surface area contributed by atoms with Gasteiger partial charge < -0.3 is 10.4 Å². The van der Waals surface area contributed by atoms with Crippen LogP contribution in [0.25, 0.3) is 0 Å². The van der Waals surface area contributed by atoms with Gasteiger partial charge in [0.05, 0.1) is 4.92 Å². The molecule has 0 bridgehead atoms. The monoisotopic (exact) mass is 307 g/mol. The van der Waals surface area contributed by atoms with Crippen LogP contribution in [0, 0.1) is 10.1 Å². The van der Waals surface area contributed by atoms with Gasteiger partial charge in [-0.25, -0.2) is 9.78 Å². The fourth-order valence-electron chi connectivity index (χ4n) is 1.66. The fraction of sp³-hybridized carbons (Fsp3) is 0.0769. The highest BCUT2D eigenvalue weighted by molar-refractivity contribution is 6.30. The summed E-state index contributed by atoms with van der Waals surface area (Å²) in [5.74, 6) is -1.11. The van der Waals surface area contributed by atoms with E-state index in [4.69, 9.17) is 16.7 Å². The van der Waals surface area contributed by atoms with Gasteiger partial charge in [0.25, 0.3) is 5.69 Å². The third kappa shape index (κ3) is 3.67. The molecule has 0 saturated carbocycles. The number of nitrogens with zero attached hydrogens (tertiary/aromatic N) is 2. The zero-order valence-electron chi connectivity index (χ0n) is 10.6. The number of nitro benzene ring substituents is 1. The van der Waals surface area contributed by atoms with Crippen LogP contribution in [0.5, 0.6) is 0 Å². The molecule has 1 aromatic carbocycles. The van der Waals surface area contributed by atoms with Gasteiger partial charge in [-0.05, 0) is 23.8 Å². The lowest BCUT2D eigenvalue weighted by atomic mass is 10.2. The number of anilines is 1. The van der Waals surface area contributed by atoms with E-state index in [2.05, 4.69) is 10.3 Å². The Morgan fingerprint density at radius 1 is 1.38 bits per heavy atom. The Bertz CT molecular complexity index is 688. The molecule has 21 heavy (non-hydrogen) atoms. The van der Waals surface area contributed by atoms with E-state index in [1.165, 1.54) is 24.4 Å².